The summed E-state index contributed by atoms with van der Waals surface area (Å²) < 4.78 is 2.01. The van der Waals surface area contributed by atoms with Gasteiger partial charge in [0, 0.05) is 0 Å². The van der Waals surface area contributed by atoms with Gasteiger partial charge in [-0.3, -0.25) is 0 Å². The SMILES string of the molecule is CCC1CCCCC1n1nnc2cc(C(=O)O)ccc21. The van der Waals surface area contributed by atoms with Crippen molar-refractivity contribution in [1.82, 2.24) is 15.0 Å². The molecule has 1 heterocycles. The van der Waals surface area contributed by atoms with Crippen molar-refractivity contribution in [2.24, 2.45) is 5.92 Å². The first-order valence-electron chi connectivity index (χ1n) is 7.29. The number of carboxylic acid groups (broad SMARTS) is 1. The first-order chi connectivity index (χ1) is 9.70. The molecule has 0 aliphatic heterocycles. The van der Waals surface area contributed by atoms with Crippen LogP contribution < -0.4 is 0 Å². The van der Waals surface area contributed by atoms with E-state index in [9.17, 15) is 4.79 Å². The Bertz CT molecular complexity index is 635. The number of carbonyl (C=O) groups is 1. The van der Waals surface area contributed by atoms with Gasteiger partial charge in [-0.1, -0.05) is 31.4 Å². The van der Waals surface area contributed by atoms with E-state index in [0.29, 0.717) is 17.5 Å². The predicted octanol–water partition coefficient (Wildman–Crippen LogP) is 3.27. The van der Waals surface area contributed by atoms with Crippen LogP contribution in [0.5, 0.6) is 0 Å². The highest BCUT2D eigenvalue weighted by molar-refractivity contribution is 5.92. The minimum atomic E-state index is -0.925. The van der Waals surface area contributed by atoms with Crippen LogP contribution in [0.1, 0.15) is 55.4 Å². The lowest BCUT2D eigenvalue weighted by molar-refractivity contribution is 0.0697. The predicted molar refractivity (Wildman–Crippen MR) is 75.8 cm³/mol. The molecule has 2 unspecified atom stereocenters. The topological polar surface area (TPSA) is 68.0 Å². The Balaban J connectivity index is 2.01. The Kier molecular flexibility index (Phi) is 3.42. The van der Waals surface area contributed by atoms with E-state index in [1.54, 1.807) is 12.1 Å². The van der Waals surface area contributed by atoms with Crippen LogP contribution >= 0.6 is 0 Å². The van der Waals surface area contributed by atoms with Crippen LogP contribution in [-0.4, -0.2) is 26.1 Å². The number of rotatable bonds is 3. The van der Waals surface area contributed by atoms with E-state index in [2.05, 4.69) is 17.2 Å². The maximum atomic E-state index is 11.0. The van der Waals surface area contributed by atoms with E-state index < -0.39 is 5.97 Å². The molecule has 5 heteroatoms. The Hall–Kier alpha value is -1.91. The summed E-state index contributed by atoms with van der Waals surface area (Å²) in [6.45, 7) is 2.23. The molecule has 3 rings (SSSR count). The molecule has 0 saturated heterocycles. The Labute approximate surface area is 117 Å². The van der Waals surface area contributed by atoms with Gasteiger partial charge in [0.1, 0.15) is 5.52 Å². The van der Waals surface area contributed by atoms with Crippen molar-refractivity contribution in [2.45, 2.75) is 45.1 Å². The molecule has 0 spiro atoms. The summed E-state index contributed by atoms with van der Waals surface area (Å²) in [4.78, 5) is 11.0. The van der Waals surface area contributed by atoms with Gasteiger partial charge in [0.05, 0.1) is 17.1 Å². The van der Waals surface area contributed by atoms with Crippen LogP contribution in [0.4, 0.5) is 0 Å². The standard InChI is InChI=1S/C15H19N3O2/c1-2-10-5-3-4-6-13(10)18-14-8-7-11(15(19)20)9-12(14)16-17-18/h7-10,13H,2-6H2,1H3,(H,19,20). The number of hydrogen-bond donors (Lipinski definition) is 1. The third-order valence-corrected chi connectivity index (χ3v) is 4.43. The summed E-state index contributed by atoms with van der Waals surface area (Å²) in [6.07, 6.45) is 6.06. The largest absolute Gasteiger partial charge is 0.478 e. The van der Waals surface area contributed by atoms with Gasteiger partial charge in [-0.25, -0.2) is 9.48 Å². The first-order valence-corrected chi connectivity index (χ1v) is 7.29. The van der Waals surface area contributed by atoms with Crippen molar-refractivity contribution in [2.75, 3.05) is 0 Å². The summed E-state index contributed by atoms with van der Waals surface area (Å²) in [6, 6.07) is 5.47. The molecule has 2 atom stereocenters. The van der Waals surface area contributed by atoms with Crippen LogP contribution in [0.3, 0.4) is 0 Å². The highest BCUT2D eigenvalue weighted by Gasteiger charge is 2.27. The molecule has 1 fully saturated rings. The van der Waals surface area contributed by atoms with Gasteiger partial charge in [-0.2, -0.15) is 0 Å². The Morgan fingerprint density at radius 2 is 2.20 bits per heavy atom. The first kappa shape index (κ1) is 13.1. The van der Waals surface area contributed by atoms with E-state index in [1.165, 1.54) is 19.3 Å². The number of aromatic nitrogens is 3. The number of benzene rings is 1. The Morgan fingerprint density at radius 1 is 1.40 bits per heavy atom. The van der Waals surface area contributed by atoms with Crippen LogP contribution in [0.15, 0.2) is 18.2 Å². The third kappa shape index (κ3) is 2.17. The molecule has 0 amide bonds. The zero-order chi connectivity index (χ0) is 14.1. The van der Waals surface area contributed by atoms with Gasteiger partial charge in [0.15, 0.2) is 0 Å². The Morgan fingerprint density at radius 3 is 2.95 bits per heavy atom. The average molecular weight is 273 g/mol. The molecular formula is C15H19N3O2. The van der Waals surface area contributed by atoms with Crippen LogP contribution in [0.25, 0.3) is 11.0 Å². The van der Waals surface area contributed by atoms with Gasteiger partial charge in [0.2, 0.25) is 0 Å². The van der Waals surface area contributed by atoms with Gasteiger partial charge in [0.25, 0.3) is 0 Å². The molecule has 1 aromatic heterocycles. The van der Waals surface area contributed by atoms with Crippen molar-refractivity contribution in [3.8, 4) is 0 Å². The quantitative estimate of drug-likeness (QED) is 0.931. The number of fused-ring (bicyclic) bond motifs is 1. The van der Waals surface area contributed by atoms with Crippen molar-refractivity contribution in [3.63, 3.8) is 0 Å². The second kappa shape index (κ2) is 5.23. The van der Waals surface area contributed by atoms with Crippen molar-refractivity contribution >= 4 is 17.0 Å². The zero-order valence-electron chi connectivity index (χ0n) is 11.6. The van der Waals surface area contributed by atoms with E-state index in [-0.39, 0.29) is 5.56 Å². The van der Waals surface area contributed by atoms with Gasteiger partial charge < -0.3 is 5.11 Å². The summed E-state index contributed by atoms with van der Waals surface area (Å²) in [5.41, 5.74) is 1.88. The molecular weight excluding hydrogens is 254 g/mol. The fourth-order valence-corrected chi connectivity index (χ4v) is 3.31. The molecule has 1 saturated carbocycles. The van der Waals surface area contributed by atoms with Crippen LogP contribution in [-0.2, 0) is 0 Å². The van der Waals surface area contributed by atoms with E-state index in [1.807, 2.05) is 10.7 Å². The summed E-state index contributed by atoms with van der Waals surface area (Å²) >= 11 is 0. The van der Waals surface area contributed by atoms with E-state index >= 15 is 0 Å². The minimum Gasteiger partial charge on any atom is -0.478 e. The molecule has 5 nitrogen and oxygen atoms in total. The molecule has 106 valence electrons. The zero-order valence-corrected chi connectivity index (χ0v) is 11.6. The lowest BCUT2D eigenvalue weighted by Gasteiger charge is -2.30. The molecule has 0 bridgehead atoms. The maximum absolute atomic E-state index is 11.0. The molecule has 1 aliphatic carbocycles. The lowest BCUT2D eigenvalue weighted by Crippen LogP contribution is -2.23. The van der Waals surface area contributed by atoms with Gasteiger partial charge in [-0.15, -0.1) is 5.10 Å². The van der Waals surface area contributed by atoms with E-state index in [4.69, 9.17) is 5.11 Å². The maximum Gasteiger partial charge on any atom is 0.335 e. The average Bonchev–Trinajstić information content (AvgIpc) is 2.89. The van der Waals surface area contributed by atoms with Crippen LogP contribution in [0, 0.1) is 5.92 Å². The minimum absolute atomic E-state index is 0.264. The highest BCUT2D eigenvalue weighted by atomic mass is 16.4. The third-order valence-electron chi connectivity index (χ3n) is 4.43. The second-order valence-electron chi connectivity index (χ2n) is 5.56. The van der Waals surface area contributed by atoms with Crippen molar-refractivity contribution < 1.29 is 9.90 Å². The van der Waals surface area contributed by atoms with Gasteiger partial charge >= 0.3 is 5.97 Å². The number of aromatic carboxylic acids is 1. The normalized spacial score (nSPS) is 23.1. The molecule has 1 N–H and O–H groups in total. The molecule has 1 aromatic carbocycles. The summed E-state index contributed by atoms with van der Waals surface area (Å²) in [5, 5.41) is 17.5. The number of hydrogen-bond acceptors (Lipinski definition) is 3. The number of carboxylic acids is 1. The van der Waals surface area contributed by atoms with Crippen molar-refractivity contribution in [1.29, 1.82) is 0 Å². The molecule has 20 heavy (non-hydrogen) atoms. The van der Waals surface area contributed by atoms with Gasteiger partial charge in [-0.05, 0) is 37.0 Å². The lowest BCUT2D eigenvalue weighted by atomic mass is 9.83. The fourth-order valence-electron chi connectivity index (χ4n) is 3.31. The monoisotopic (exact) mass is 273 g/mol. The summed E-state index contributed by atoms with van der Waals surface area (Å²) in [7, 11) is 0. The van der Waals surface area contributed by atoms with Crippen LogP contribution in [0.2, 0.25) is 0 Å². The smallest absolute Gasteiger partial charge is 0.335 e. The second-order valence-corrected chi connectivity index (χ2v) is 5.56. The van der Waals surface area contributed by atoms with E-state index in [0.717, 1.165) is 18.4 Å². The highest BCUT2D eigenvalue weighted by Crippen LogP contribution is 2.36. The fraction of sp³-hybridized carbons (Fsp3) is 0.533. The molecule has 1 aliphatic rings. The molecule has 0 radical (unpaired) electrons. The van der Waals surface area contributed by atoms with Crippen molar-refractivity contribution in [3.05, 3.63) is 23.8 Å². The molecule has 2 aromatic rings. The number of nitrogens with zero attached hydrogens (tertiary/aromatic N) is 3. The summed E-state index contributed by atoms with van der Waals surface area (Å²) in [5.74, 6) is -0.279.